The number of rotatable bonds is 1. The van der Waals surface area contributed by atoms with Crippen molar-refractivity contribution in [3.05, 3.63) is 16.9 Å². The van der Waals surface area contributed by atoms with Gasteiger partial charge in [0.15, 0.2) is 0 Å². The average molecular weight is 249 g/mol. The van der Waals surface area contributed by atoms with Crippen LogP contribution >= 0.6 is 11.6 Å². The normalized spacial score (nSPS) is 21.7. The van der Waals surface area contributed by atoms with Crippen LogP contribution in [0.3, 0.4) is 0 Å². The van der Waals surface area contributed by atoms with Crippen LogP contribution in [0.4, 0.5) is 0 Å². The van der Waals surface area contributed by atoms with E-state index in [2.05, 4.69) is 5.10 Å². The monoisotopic (exact) mass is 248 g/mol. The predicted octanol–water partition coefficient (Wildman–Crippen LogP) is 1.59. The number of hydrogen-bond donors (Lipinski definition) is 0. The van der Waals surface area contributed by atoms with Crippen LogP contribution in [0.15, 0.2) is 6.07 Å². The van der Waals surface area contributed by atoms with Crippen LogP contribution in [0.25, 0.3) is 0 Å². The van der Waals surface area contributed by atoms with Crippen molar-refractivity contribution in [3.63, 3.8) is 0 Å². The second kappa shape index (κ2) is 3.79. The molecule has 0 bridgehead atoms. The van der Waals surface area contributed by atoms with E-state index in [4.69, 9.17) is 11.6 Å². The van der Waals surface area contributed by atoms with Crippen LogP contribution in [-0.2, 0) is 9.84 Å². The Balaban J connectivity index is 2.17. The van der Waals surface area contributed by atoms with E-state index in [0.29, 0.717) is 18.0 Å². The lowest BCUT2D eigenvalue weighted by Gasteiger charge is -2.22. The summed E-state index contributed by atoms with van der Waals surface area (Å²) in [5, 5.41) is 4.87. The number of hydrogen-bond acceptors (Lipinski definition) is 3. The number of halogens is 1. The van der Waals surface area contributed by atoms with Gasteiger partial charge < -0.3 is 0 Å². The van der Waals surface area contributed by atoms with E-state index in [1.165, 1.54) is 0 Å². The molecule has 0 spiro atoms. The Morgan fingerprint density at radius 2 is 2.07 bits per heavy atom. The third kappa shape index (κ3) is 2.34. The number of aromatic nitrogens is 2. The first-order chi connectivity index (χ1) is 6.98. The molecule has 1 aliphatic heterocycles. The summed E-state index contributed by atoms with van der Waals surface area (Å²) in [6, 6.07) is 1.93. The zero-order chi connectivity index (χ0) is 11.1. The Hall–Kier alpha value is -0.550. The van der Waals surface area contributed by atoms with Crippen LogP contribution in [0.1, 0.15) is 24.6 Å². The standard InChI is InChI=1S/C9H13ClN2O2S/c1-7-6-9(10)12(11-7)8-2-4-15(13,14)5-3-8/h6,8H,2-5H2,1H3. The van der Waals surface area contributed by atoms with E-state index in [0.717, 1.165) is 5.69 Å². The van der Waals surface area contributed by atoms with Gasteiger partial charge in [-0.25, -0.2) is 8.42 Å². The van der Waals surface area contributed by atoms with Crippen molar-refractivity contribution in [2.24, 2.45) is 0 Å². The highest BCUT2D eigenvalue weighted by molar-refractivity contribution is 7.91. The lowest BCUT2D eigenvalue weighted by molar-refractivity contribution is 0.412. The van der Waals surface area contributed by atoms with Gasteiger partial charge in [0.25, 0.3) is 0 Å². The van der Waals surface area contributed by atoms with Crippen molar-refractivity contribution in [1.82, 2.24) is 9.78 Å². The summed E-state index contributed by atoms with van der Waals surface area (Å²) >= 11 is 6.00. The maximum absolute atomic E-state index is 11.3. The Morgan fingerprint density at radius 3 is 2.53 bits per heavy atom. The molecule has 1 aromatic heterocycles. The zero-order valence-electron chi connectivity index (χ0n) is 8.48. The molecule has 15 heavy (non-hydrogen) atoms. The van der Waals surface area contributed by atoms with Gasteiger partial charge in [-0.15, -0.1) is 0 Å². The third-order valence-electron chi connectivity index (χ3n) is 2.68. The van der Waals surface area contributed by atoms with Gasteiger partial charge in [-0.05, 0) is 25.8 Å². The fourth-order valence-electron chi connectivity index (χ4n) is 1.86. The second-order valence-corrected chi connectivity index (χ2v) is 6.63. The quantitative estimate of drug-likeness (QED) is 0.759. The Morgan fingerprint density at radius 1 is 1.47 bits per heavy atom. The third-order valence-corrected chi connectivity index (χ3v) is 4.68. The van der Waals surface area contributed by atoms with E-state index < -0.39 is 9.84 Å². The molecule has 1 aliphatic rings. The highest BCUT2D eigenvalue weighted by Gasteiger charge is 2.26. The Labute approximate surface area is 94.2 Å². The molecule has 0 atom stereocenters. The largest absolute Gasteiger partial charge is 0.251 e. The Kier molecular flexibility index (Phi) is 2.77. The maximum atomic E-state index is 11.3. The summed E-state index contributed by atoms with van der Waals surface area (Å²) in [4.78, 5) is 0. The molecule has 1 fully saturated rings. The van der Waals surface area contributed by atoms with Crippen molar-refractivity contribution < 1.29 is 8.42 Å². The molecule has 0 amide bonds. The summed E-state index contributed by atoms with van der Waals surface area (Å²) in [5.74, 6) is 0.486. The van der Waals surface area contributed by atoms with Gasteiger partial charge >= 0.3 is 0 Å². The van der Waals surface area contributed by atoms with Crippen LogP contribution in [0, 0.1) is 6.92 Å². The predicted molar refractivity (Wildman–Crippen MR) is 58.9 cm³/mol. The van der Waals surface area contributed by atoms with Crippen molar-refractivity contribution in [2.45, 2.75) is 25.8 Å². The first-order valence-electron chi connectivity index (χ1n) is 4.90. The molecule has 4 nitrogen and oxygen atoms in total. The second-order valence-electron chi connectivity index (χ2n) is 3.94. The van der Waals surface area contributed by atoms with Crippen molar-refractivity contribution >= 4 is 21.4 Å². The molecule has 0 aromatic carbocycles. The van der Waals surface area contributed by atoms with Gasteiger partial charge in [-0.3, -0.25) is 4.68 Å². The molecule has 2 rings (SSSR count). The van der Waals surface area contributed by atoms with Crippen LogP contribution in [-0.4, -0.2) is 29.7 Å². The van der Waals surface area contributed by atoms with E-state index in [1.807, 2.05) is 6.92 Å². The van der Waals surface area contributed by atoms with Crippen LogP contribution in [0.2, 0.25) is 5.15 Å². The molecular formula is C9H13ClN2O2S. The van der Waals surface area contributed by atoms with Crippen molar-refractivity contribution in [3.8, 4) is 0 Å². The first kappa shape index (κ1) is 11.0. The summed E-state index contributed by atoms with van der Waals surface area (Å²) in [5.41, 5.74) is 0.869. The van der Waals surface area contributed by atoms with Gasteiger partial charge in [0, 0.05) is 0 Å². The van der Waals surface area contributed by atoms with Crippen molar-refractivity contribution in [1.29, 1.82) is 0 Å². The van der Waals surface area contributed by atoms with E-state index in [9.17, 15) is 8.42 Å². The number of nitrogens with zero attached hydrogens (tertiary/aromatic N) is 2. The summed E-state index contributed by atoms with van der Waals surface area (Å²) < 4.78 is 24.3. The molecule has 1 saturated heterocycles. The minimum Gasteiger partial charge on any atom is -0.251 e. The fraction of sp³-hybridized carbons (Fsp3) is 0.667. The topological polar surface area (TPSA) is 52.0 Å². The number of sulfone groups is 1. The SMILES string of the molecule is Cc1cc(Cl)n(C2CCS(=O)(=O)CC2)n1. The summed E-state index contributed by atoms with van der Waals surface area (Å²) in [7, 11) is -2.81. The zero-order valence-corrected chi connectivity index (χ0v) is 10.1. The average Bonchev–Trinajstić information content (AvgIpc) is 2.45. The summed E-state index contributed by atoms with van der Waals surface area (Å²) in [6.45, 7) is 1.88. The van der Waals surface area contributed by atoms with E-state index in [-0.39, 0.29) is 17.5 Å². The lowest BCUT2D eigenvalue weighted by atomic mass is 10.2. The minimum absolute atomic E-state index is 0.134. The molecule has 84 valence electrons. The van der Waals surface area contributed by atoms with Gasteiger partial charge in [-0.2, -0.15) is 5.10 Å². The molecular weight excluding hydrogens is 236 g/mol. The van der Waals surface area contributed by atoms with Crippen LogP contribution < -0.4 is 0 Å². The van der Waals surface area contributed by atoms with Gasteiger partial charge in [0.2, 0.25) is 0 Å². The molecule has 0 saturated carbocycles. The smallest absolute Gasteiger partial charge is 0.150 e. The highest BCUT2D eigenvalue weighted by atomic mass is 35.5. The molecule has 0 N–H and O–H groups in total. The molecule has 0 unspecified atom stereocenters. The number of aryl methyl sites for hydroxylation is 1. The molecule has 1 aromatic rings. The van der Waals surface area contributed by atoms with Gasteiger partial charge in [0.1, 0.15) is 15.0 Å². The molecule has 0 aliphatic carbocycles. The molecule has 6 heteroatoms. The van der Waals surface area contributed by atoms with E-state index in [1.54, 1.807) is 10.7 Å². The van der Waals surface area contributed by atoms with Crippen molar-refractivity contribution in [2.75, 3.05) is 11.5 Å². The highest BCUT2D eigenvalue weighted by Crippen LogP contribution is 2.26. The summed E-state index contributed by atoms with van der Waals surface area (Å²) in [6.07, 6.45) is 1.23. The maximum Gasteiger partial charge on any atom is 0.150 e. The van der Waals surface area contributed by atoms with Gasteiger partial charge in [0.05, 0.1) is 23.2 Å². The van der Waals surface area contributed by atoms with Crippen LogP contribution in [0.5, 0.6) is 0 Å². The fourth-order valence-corrected chi connectivity index (χ4v) is 3.66. The molecule has 2 heterocycles. The molecule has 0 radical (unpaired) electrons. The first-order valence-corrected chi connectivity index (χ1v) is 7.10. The van der Waals surface area contributed by atoms with Gasteiger partial charge in [-0.1, -0.05) is 11.6 Å². The Bertz CT molecular complexity index is 452. The van der Waals surface area contributed by atoms with E-state index >= 15 is 0 Å². The minimum atomic E-state index is -2.81. The lowest BCUT2D eigenvalue weighted by Crippen LogP contribution is -2.26.